The van der Waals surface area contributed by atoms with Crippen molar-refractivity contribution < 1.29 is 9.53 Å². The van der Waals surface area contributed by atoms with Crippen LogP contribution in [0.4, 0.5) is 5.13 Å². The van der Waals surface area contributed by atoms with Crippen molar-refractivity contribution >= 4 is 32.6 Å². The van der Waals surface area contributed by atoms with Crippen LogP contribution >= 0.6 is 11.3 Å². The number of likely N-dealkylation sites (tertiary alicyclic amines) is 2. The fraction of sp³-hybridized carbons (Fsp3) is 0.600. The standard InChI is InChI=1S/C20H28N4O2S/c1-2-26-16-5-6-17-18(13-16)27-20(21-17)22-19(25)14-23-11-7-15(8-12-23)24-9-3-4-10-24/h5-6,13,15H,2-4,7-12,14H2,1H3,(H,21,22,25). The molecule has 0 unspecified atom stereocenters. The largest absolute Gasteiger partial charge is 0.494 e. The highest BCUT2D eigenvalue weighted by Crippen LogP contribution is 2.29. The second-order valence-electron chi connectivity index (χ2n) is 7.38. The van der Waals surface area contributed by atoms with Gasteiger partial charge in [0.1, 0.15) is 5.75 Å². The van der Waals surface area contributed by atoms with Crippen molar-refractivity contribution in [1.29, 1.82) is 0 Å². The minimum atomic E-state index is 0.0266. The molecule has 0 aliphatic carbocycles. The molecule has 1 aromatic carbocycles. The van der Waals surface area contributed by atoms with E-state index in [1.807, 2.05) is 25.1 Å². The van der Waals surface area contributed by atoms with Gasteiger partial charge in [0.15, 0.2) is 5.13 Å². The zero-order valence-electron chi connectivity index (χ0n) is 15.9. The molecule has 2 fully saturated rings. The van der Waals surface area contributed by atoms with Gasteiger partial charge in [-0.2, -0.15) is 0 Å². The number of carbonyl (C=O) groups is 1. The lowest BCUT2D eigenvalue weighted by molar-refractivity contribution is -0.117. The highest BCUT2D eigenvalue weighted by Gasteiger charge is 2.27. The van der Waals surface area contributed by atoms with E-state index in [0.717, 1.165) is 35.1 Å². The van der Waals surface area contributed by atoms with Gasteiger partial charge in [-0.1, -0.05) is 11.3 Å². The highest BCUT2D eigenvalue weighted by atomic mass is 32.1. The van der Waals surface area contributed by atoms with Crippen LogP contribution in [-0.4, -0.2) is 66.1 Å². The normalized spacial score (nSPS) is 19.6. The minimum absolute atomic E-state index is 0.0266. The maximum Gasteiger partial charge on any atom is 0.240 e. The first-order valence-electron chi connectivity index (χ1n) is 10.0. The molecule has 2 aliphatic rings. The van der Waals surface area contributed by atoms with Crippen LogP contribution in [0.2, 0.25) is 0 Å². The van der Waals surface area contributed by atoms with E-state index < -0.39 is 0 Å². The number of rotatable bonds is 6. The number of ether oxygens (including phenoxy) is 1. The smallest absolute Gasteiger partial charge is 0.240 e. The molecule has 0 atom stereocenters. The molecule has 1 amide bonds. The maximum atomic E-state index is 12.4. The Morgan fingerprint density at radius 2 is 2.04 bits per heavy atom. The summed E-state index contributed by atoms with van der Waals surface area (Å²) in [4.78, 5) is 21.9. The molecule has 2 aliphatic heterocycles. The number of piperidine rings is 1. The number of nitrogens with one attached hydrogen (secondary N) is 1. The van der Waals surface area contributed by atoms with Crippen LogP contribution in [0.3, 0.4) is 0 Å². The van der Waals surface area contributed by atoms with Gasteiger partial charge in [-0.05, 0) is 63.9 Å². The summed E-state index contributed by atoms with van der Waals surface area (Å²) in [5.41, 5.74) is 0.894. The Morgan fingerprint density at radius 3 is 2.78 bits per heavy atom. The third kappa shape index (κ3) is 4.59. The van der Waals surface area contributed by atoms with Crippen LogP contribution in [0.5, 0.6) is 5.75 Å². The first-order valence-corrected chi connectivity index (χ1v) is 10.8. The topological polar surface area (TPSA) is 57.7 Å². The average molecular weight is 389 g/mol. The molecule has 6 nitrogen and oxygen atoms in total. The van der Waals surface area contributed by atoms with Crippen LogP contribution in [-0.2, 0) is 4.79 Å². The van der Waals surface area contributed by atoms with Gasteiger partial charge in [-0.3, -0.25) is 9.69 Å². The van der Waals surface area contributed by atoms with Gasteiger partial charge < -0.3 is 15.0 Å². The Balaban J connectivity index is 1.28. The number of carbonyl (C=O) groups excluding carboxylic acids is 1. The van der Waals surface area contributed by atoms with Gasteiger partial charge >= 0.3 is 0 Å². The zero-order valence-corrected chi connectivity index (χ0v) is 16.8. The molecular weight excluding hydrogens is 360 g/mol. The number of hydrogen-bond donors (Lipinski definition) is 1. The summed E-state index contributed by atoms with van der Waals surface area (Å²) < 4.78 is 6.56. The molecule has 0 saturated carbocycles. The Kier molecular flexibility index (Phi) is 5.90. The minimum Gasteiger partial charge on any atom is -0.494 e. The van der Waals surface area contributed by atoms with Crippen molar-refractivity contribution in [3.05, 3.63) is 18.2 Å². The second-order valence-corrected chi connectivity index (χ2v) is 8.41. The Labute approximate surface area is 164 Å². The number of thiazole rings is 1. The number of anilines is 1. The molecular formula is C20H28N4O2S. The van der Waals surface area contributed by atoms with Gasteiger partial charge in [-0.25, -0.2) is 4.98 Å². The monoisotopic (exact) mass is 388 g/mol. The van der Waals surface area contributed by atoms with E-state index in [4.69, 9.17) is 4.74 Å². The number of amides is 1. The Morgan fingerprint density at radius 1 is 1.26 bits per heavy atom. The quantitative estimate of drug-likeness (QED) is 0.824. The molecule has 1 N–H and O–H groups in total. The highest BCUT2D eigenvalue weighted by molar-refractivity contribution is 7.22. The van der Waals surface area contributed by atoms with E-state index in [0.29, 0.717) is 18.3 Å². The summed E-state index contributed by atoms with van der Waals surface area (Å²) in [5, 5.41) is 3.63. The predicted octanol–water partition coefficient (Wildman–Crippen LogP) is 3.19. The van der Waals surface area contributed by atoms with Crippen LogP contribution < -0.4 is 10.1 Å². The van der Waals surface area contributed by atoms with Crippen molar-refractivity contribution in [2.75, 3.05) is 44.6 Å². The first kappa shape index (κ1) is 18.7. The van der Waals surface area contributed by atoms with Gasteiger partial charge in [0.05, 0.1) is 23.4 Å². The maximum absolute atomic E-state index is 12.4. The van der Waals surface area contributed by atoms with E-state index in [1.165, 1.54) is 50.1 Å². The van der Waals surface area contributed by atoms with Crippen molar-refractivity contribution in [3.8, 4) is 5.75 Å². The molecule has 1 aromatic heterocycles. The lowest BCUT2D eigenvalue weighted by Gasteiger charge is -2.36. The number of benzene rings is 1. The summed E-state index contributed by atoms with van der Waals surface area (Å²) in [6, 6.07) is 6.56. The van der Waals surface area contributed by atoms with E-state index in [9.17, 15) is 4.79 Å². The molecule has 7 heteroatoms. The molecule has 3 heterocycles. The molecule has 27 heavy (non-hydrogen) atoms. The Hall–Kier alpha value is -1.70. The van der Waals surface area contributed by atoms with Crippen molar-refractivity contribution in [2.45, 2.75) is 38.6 Å². The Bertz CT molecular complexity index is 779. The molecule has 4 rings (SSSR count). The fourth-order valence-electron chi connectivity index (χ4n) is 4.13. The number of aromatic nitrogens is 1. The molecule has 0 spiro atoms. The zero-order chi connectivity index (χ0) is 18.6. The summed E-state index contributed by atoms with van der Waals surface area (Å²) in [7, 11) is 0. The predicted molar refractivity (Wildman–Crippen MR) is 110 cm³/mol. The van der Waals surface area contributed by atoms with E-state index in [2.05, 4.69) is 20.1 Å². The van der Waals surface area contributed by atoms with Crippen molar-refractivity contribution in [3.63, 3.8) is 0 Å². The summed E-state index contributed by atoms with van der Waals surface area (Å²) >= 11 is 1.50. The lowest BCUT2D eigenvalue weighted by Crippen LogP contribution is -2.45. The summed E-state index contributed by atoms with van der Waals surface area (Å²) in [6.45, 7) is 7.59. The van der Waals surface area contributed by atoms with Crippen LogP contribution in [0.15, 0.2) is 18.2 Å². The summed E-state index contributed by atoms with van der Waals surface area (Å²) in [6.07, 6.45) is 5.04. The van der Waals surface area contributed by atoms with E-state index >= 15 is 0 Å². The third-order valence-corrected chi connectivity index (χ3v) is 6.43. The molecule has 146 valence electrons. The van der Waals surface area contributed by atoms with E-state index in [1.54, 1.807) is 0 Å². The van der Waals surface area contributed by atoms with Crippen LogP contribution in [0.25, 0.3) is 10.2 Å². The van der Waals surface area contributed by atoms with Gasteiger partial charge in [-0.15, -0.1) is 0 Å². The molecule has 0 radical (unpaired) electrons. The number of hydrogen-bond acceptors (Lipinski definition) is 6. The van der Waals surface area contributed by atoms with E-state index in [-0.39, 0.29) is 5.91 Å². The SMILES string of the molecule is CCOc1ccc2nc(NC(=O)CN3CCC(N4CCCC4)CC3)sc2c1. The molecule has 2 saturated heterocycles. The van der Waals surface area contributed by atoms with Crippen molar-refractivity contribution in [1.82, 2.24) is 14.8 Å². The average Bonchev–Trinajstić information content (AvgIpc) is 3.31. The summed E-state index contributed by atoms with van der Waals surface area (Å²) in [5.74, 6) is 0.867. The molecule has 2 aromatic rings. The van der Waals surface area contributed by atoms with Gasteiger partial charge in [0.25, 0.3) is 0 Å². The fourth-order valence-corrected chi connectivity index (χ4v) is 5.04. The van der Waals surface area contributed by atoms with Gasteiger partial charge in [0.2, 0.25) is 5.91 Å². The third-order valence-electron chi connectivity index (χ3n) is 5.50. The number of fused-ring (bicyclic) bond motifs is 1. The van der Waals surface area contributed by atoms with Crippen molar-refractivity contribution in [2.24, 2.45) is 0 Å². The first-order chi connectivity index (χ1) is 13.2. The molecule has 0 bridgehead atoms. The number of nitrogens with zero attached hydrogens (tertiary/aromatic N) is 3. The second kappa shape index (κ2) is 8.54. The van der Waals surface area contributed by atoms with Crippen LogP contribution in [0.1, 0.15) is 32.6 Å². The van der Waals surface area contributed by atoms with Gasteiger partial charge in [0, 0.05) is 19.1 Å². The van der Waals surface area contributed by atoms with Crippen LogP contribution in [0, 0.1) is 0 Å². The lowest BCUT2D eigenvalue weighted by atomic mass is 10.0.